The number of halogens is 4. The van der Waals surface area contributed by atoms with Gasteiger partial charge in [-0.1, -0.05) is 17.7 Å². The first-order chi connectivity index (χ1) is 20.6. The minimum Gasteiger partial charge on any atom is -0.393 e. The first kappa shape index (κ1) is 28.9. The van der Waals surface area contributed by atoms with Crippen LogP contribution in [0.1, 0.15) is 48.1 Å². The van der Waals surface area contributed by atoms with E-state index in [9.17, 15) is 26.7 Å². The van der Waals surface area contributed by atoms with Crippen LogP contribution in [0.3, 0.4) is 0 Å². The van der Waals surface area contributed by atoms with Crippen LogP contribution in [0.4, 0.5) is 13.2 Å². The van der Waals surface area contributed by atoms with Crippen molar-refractivity contribution in [1.29, 1.82) is 0 Å². The van der Waals surface area contributed by atoms with Crippen LogP contribution >= 0.6 is 22.9 Å². The van der Waals surface area contributed by atoms with E-state index in [-0.39, 0.29) is 42.1 Å². The van der Waals surface area contributed by atoms with Crippen LogP contribution < -0.4 is 4.72 Å². The highest BCUT2D eigenvalue weighted by atomic mass is 35.5. The van der Waals surface area contributed by atoms with Crippen molar-refractivity contribution >= 4 is 44.6 Å². The molecule has 2 saturated heterocycles. The van der Waals surface area contributed by atoms with E-state index in [1.807, 2.05) is 4.90 Å². The fourth-order valence-electron chi connectivity index (χ4n) is 6.70. The largest absolute Gasteiger partial charge is 0.393 e. The van der Waals surface area contributed by atoms with E-state index in [0.29, 0.717) is 45.3 Å². The molecule has 43 heavy (non-hydrogen) atoms. The molecule has 5 atom stereocenters. The number of hydrogen-bond acceptors (Lipinski definition) is 8. The number of fused-ring (bicyclic) bond motifs is 3. The zero-order valence-corrected chi connectivity index (χ0v) is 24.9. The normalized spacial score (nSPS) is 27.7. The molecule has 3 aromatic rings. The Labute approximate surface area is 254 Å². The summed E-state index contributed by atoms with van der Waals surface area (Å²) in [7, 11) is -3.91. The highest BCUT2D eigenvalue weighted by Gasteiger charge is 2.46. The molecule has 1 saturated carbocycles. The minimum atomic E-state index is -3.91. The molecule has 2 bridgehead atoms. The van der Waals surface area contributed by atoms with Gasteiger partial charge in [-0.15, -0.1) is 11.3 Å². The van der Waals surface area contributed by atoms with E-state index in [4.69, 9.17) is 16.6 Å². The van der Waals surface area contributed by atoms with Crippen molar-refractivity contribution < 1.29 is 26.7 Å². The van der Waals surface area contributed by atoms with Gasteiger partial charge >= 0.3 is 6.55 Å². The summed E-state index contributed by atoms with van der Waals surface area (Å²) in [6.07, 6.45) is 3.90. The van der Waals surface area contributed by atoms with E-state index in [1.54, 1.807) is 11.6 Å². The molecule has 7 rings (SSSR count). The van der Waals surface area contributed by atoms with Gasteiger partial charge in [0, 0.05) is 71.7 Å². The first-order valence-electron chi connectivity index (χ1n) is 13.8. The molecule has 3 aliphatic heterocycles. The molecular formula is C27H27ClF3N7O3S2. The van der Waals surface area contributed by atoms with Gasteiger partial charge in [-0.05, 0) is 42.9 Å². The average Bonchev–Trinajstić information content (AvgIpc) is 3.75. The maximum atomic E-state index is 14.0. The Morgan fingerprint density at radius 2 is 2.00 bits per heavy atom. The van der Waals surface area contributed by atoms with Crippen LogP contribution in [0.25, 0.3) is 5.57 Å². The van der Waals surface area contributed by atoms with Gasteiger partial charge in [0.25, 0.3) is 10.2 Å². The molecule has 3 fully saturated rings. The van der Waals surface area contributed by atoms with Crippen LogP contribution in [0.15, 0.2) is 52.7 Å². The van der Waals surface area contributed by atoms with E-state index < -0.39 is 40.8 Å². The van der Waals surface area contributed by atoms with Crippen LogP contribution in [-0.4, -0.2) is 75.1 Å². The van der Waals surface area contributed by atoms with E-state index >= 15 is 0 Å². The van der Waals surface area contributed by atoms with Crippen molar-refractivity contribution in [3.63, 3.8) is 0 Å². The van der Waals surface area contributed by atoms with Crippen molar-refractivity contribution in [1.82, 2.24) is 28.7 Å². The van der Waals surface area contributed by atoms with Crippen molar-refractivity contribution in [3.05, 3.63) is 74.8 Å². The number of benzene rings is 1. The third-order valence-corrected chi connectivity index (χ3v) is 11.2. The van der Waals surface area contributed by atoms with Gasteiger partial charge in [0.05, 0.1) is 11.8 Å². The van der Waals surface area contributed by atoms with Crippen molar-refractivity contribution in [2.45, 2.75) is 44.0 Å². The third-order valence-electron chi connectivity index (χ3n) is 8.54. The molecule has 4 aliphatic rings. The van der Waals surface area contributed by atoms with Crippen LogP contribution in [0, 0.1) is 17.7 Å². The molecule has 1 aliphatic carbocycles. The standard InChI is InChI=1S/C27H27ClF3N7O3S2/c28-19-9-16(29)1-2-18(19)24-23(20-3-5-38(34-20)27(30)31)21-10-17(13-37(21)25(33-24)26-32-4-6-42-26)35-43(40,41)36-11-14-7-15(12-36)22(39)8-14/h1-6,9,14-15,17,22,24,27,35,39H,7-8,10-13H2/t14?,15?,17?,22?,24-/m0/s1. The second-order valence-corrected chi connectivity index (χ2v) is 14.3. The molecule has 1 aromatic carbocycles. The molecule has 0 radical (unpaired) electrons. The molecular weight excluding hydrogens is 627 g/mol. The Morgan fingerprint density at radius 1 is 1.16 bits per heavy atom. The number of rotatable bonds is 7. The van der Waals surface area contributed by atoms with Gasteiger partial charge in [0.15, 0.2) is 10.8 Å². The summed E-state index contributed by atoms with van der Waals surface area (Å²) >= 11 is 7.85. The summed E-state index contributed by atoms with van der Waals surface area (Å²) < 4.78 is 73.2. The Morgan fingerprint density at radius 3 is 2.70 bits per heavy atom. The maximum Gasteiger partial charge on any atom is 0.333 e. The Hall–Kier alpha value is -2.82. The van der Waals surface area contributed by atoms with Gasteiger partial charge in [-0.25, -0.2) is 14.1 Å². The SMILES string of the molecule is O=S(=O)(NC1CC2=C(c3ccn(C(F)F)n3)[C@H](c3ccc(F)cc3Cl)N=C(c3nccs3)N2C1)N1CC2CC(O)C(C2)C1. The molecule has 2 N–H and O–H groups in total. The lowest BCUT2D eigenvalue weighted by Gasteiger charge is -2.32. The van der Waals surface area contributed by atoms with E-state index in [2.05, 4.69) is 14.8 Å². The fourth-order valence-corrected chi connectivity index (χ4v) is 9.13. The molecule has 5 heterocycles. The highest BCUT2D eigenvalue weighted by Crippen LogP contribution is 2.46. The van der Waals surface area contributed by atoms with Gasteiger partial charge in [0.1, 0.15) is 11.9 Å². The topological polar surface area (TPSA) is 116 Å². The number of aromatic nitrogens is 3. The number of thiazole rings is 1. The molecule has 2 aromatic heterocycles. The zero-order chi connectivity index (χ0) is 30.0. The monoisotopic (exact) mass is 653 g/mol. The van der Waals surface area contributed by atoms with Crippen LogP contribution in [0.2, 0.25) is 5.02 Å². The van der Waals surface area contributed by atoms with Gasteiger partial charge in [-0.3, -0.25) is 4.99 Å². The second-order valence-electron chi connectivity index (χ2n) is 11.3. The smallest absolute Gasteiger partial charge is 0.333 e. The number of nitrogens with zero attached hydrogens (tertiary/aromatic N) is 6. The number of aliphatic hydroxyl groups is 1. The van der Waals surface area contributed by atoms with Crippen LogP contribution in [0.5, 0.6) is 0 Å². The maximum absolute atomic E-state index is 14.0. The Balaban J connectivity index is 1.30. The Kier molecular flexibility index (Phi) is 7.37. The minimum absolute atomic E-state index is 0.0886. The van der Waals surface area contributed by atoms with Crippen molar-refractivity contribution in [2.24, 2.45) is 16.8 Å². The van der Waals surface area contributed by atoms with E-state index in [1.165, 1.54) is 33.8 Å². The second kappa shape index (κ2) is 11.0. The number of nitrogens with one attached hydrogen (secondary N) is 1. The number of alkyl halides is 2. The molecule has 4 unspecified atom stereocenters. The highest BCUT2D eigenvalue weighted by molar-refractivity contribution is 7.87. The number of piperidine rings is 1. The zero-order valence-electron chi connectivity index (χ0n) is 22.5. The summed E-state index contributed by atoms with van der Waals surface area (Å²) in [5, 5.41) is 16.9. The number of amidine groups is 1. The van der Waals surface area contributed by atoms with Gasteiger partial charge < -0.3 is 10.0 Å². The lowest BCUT2D eigenvalue weighted by molar-refractivity contribution is 0.0564. The molecule has 16 heteroatoms. The molecule has 0 spiro atoms. The predicted molar refractivity (Wildman–Crippen MR) is 154 cm³/mol. The fraction of sp³-hybridized carbons (Fsp3) is 0.444. The lowest BCUT2D eigenvalue weighted by atomic mass is 9.92. The number of hydrogen-bond donors (Lipinski definition) is 2. The van der Waals surface area contributed by atoms with Gasteiger partial charge in [0.2, 0.25) is 0 Å². The molecule has 10 nitrogen and oxygen atoms in total. The number of aliphatic imine (C=N–C) groups is 1. The van der Waals surface area contributed by atoms with Gasteiger partial charge in [-0.2, -0.15) is 31.3 Å². The van der Waals surface area contributed by atoms with Crippen molar-refractivity contribution in [2.75, 3.05) is 19.6 Å². The molecule has 228 valence electrons. The quantitative estimate of drug-likeness (QED) is 0.398. The summed E-state index contributed by atoms with van der Waals surface area (Å²) in [4.78, 5) is 11.3. The van der Waals surface area contributed by atoms with Crippen LogP contribution in [-0.2, 0) is 10.2 Å². The summed E-state index contributed by atoms with van der Waals surface area (Å²) in [6, 6.07) is 3.92. The lowest BCUT2D eigenvalue weighted by Crippen LogP contribution is -2.50. The third kappa shape index (κ3) is 5.29. The first-order valence-corrected chi connectivity index (χ1v) is 16.5. The van der Waals surface area contributed by atoms with Crippen molar-refractivity contribution in [3.8, 4) is 0 Å². The average molecular weight is 654 g/mol. The Bertz CT molecular complexity index is 1710. The number of aliphatic hydroxyl groups excluding tert-OH is 1. The summed E-state index contributed by atoms with van der Waals surface area (Å²) in [5.41, 5.74) is 1.76. The van der Waals surface area contributed by atoms with E-state index in [0.717, 1.165) is 18.7 Å². The summed E-state index contributed by atoms with van der Waals surface area (Å²) in [5.74, 6) is -0.0486. The predicted octanol–water partition coefficient (Wildman–Crippen LogP) is 4.05. The summed E-state index contributed by atoms with van der Waals surface area (Å²) in [6.45, 7) is -2.07. The molecule has 0 amide bonds.